The van der Waals surface area contributed by atoms with Gasteiger partial charge >= 0.3 is 0 Å². The van der Waals surface area contributed by atoms with Crippen LogP contribution < -0.4 is 11.5 Å². The highest BCUT2D eigenvalue weighted by Crippen LogP contribution is 2.51. The molecule has 2 saturated carbocycles. The van der Waals surface area contributed by atoms with E-state index in [4.69, 9.17) is 11.5 Å². The summed E-state index contributed by atoms with van der Waals surface area (Å²) in [5.41, 5.74) is 11.7. The van der Waals surface area contributed by atoms with E-state index in [2.05, 4.69) is 6.92 Å². The van der Waals surface area contributed by atoms with Crippen molar-refractivity contribution in [1.82, 2.24) is 0 Å². The molecular weight excluding hydrogens is 224 g/mol. The average molecular weight is 254 g/mol. The van der Waals surface area contributed by atoms with Crippen molar-refractivity contribution in [2.24, 2.45) is 28.7 Å². The summed E-state index contributed by atoms with van der Waals surface area (Å²) in [6.45, 7) is 2.15. The van der Waals surface area contributed by atoms with Gasteiger partial charge in [-0.2, -0.15) is 0 Å². The Morgan fingerprint density at radius 1 is 0.778 bits per heavy atom. The van der Waals surface area contributed by atoms with Gasteiger partial charge in [0.05, 0.1) is 0 Å². The van der Waals surface area contributed by atoms with Crippen molar-refractivity contribution >= 4 is 0 Å². The maximum absolute atomic E-state index is 10.4. The fourth-order valence-electron chi connectivity index (χ4n) is 4.39. The van der Waals surface area contributed by atoms with Gasteiger partial charge in [-0.25, -0.2) is 0 Å². The standard InChI is InChI=1S/C15H30N2O/c1-14(15(16,17)18,12-8-4-2-5-9-12)13-10-6-3-7-11-13/h12-13,18H,2-11,16-17H2,1H3. The molecule has 5 N–H and O–H groups in total. The van der Waals surface area contributed by atoms with Crippen molar-refractivity contribution in [2.75, 3.05) is 0 Å². The summed E-state index contributed by atoms with van der Waals surface area (Å²) in [4.78, 5) is 0. The van der Waals surface area contributed by atoms with Crippen molar-refractivity contribution in [1.29, 1.82) is 0 Å². The van der Waals surface area contributed by atoms with E-state index in [1.54, 1.807) is 0 Å². The van der Waals surface area contributed by atoms with Crippen LogP contribution in [0.2, 0.25) is 0 Å². The summed E-state index contributed by atoms with van der Waals surface area (Å²) in [5.74, 6) is -0.541. The van der Waals surface area contributed by atoms with Crippen LogP contribution in [0.15, 0.2) is 0 Å². The fraction of sp³-hybridized carbons (Fsp3) is 1.00. The van der Waals surface area contributed by atoms with Crippen LogP contribution in [0, 0.1) is 17.3 Å². The van der Waals surface area contributed by atoms with E-state index < -0.39 is 5.85 Å². The van der Waals surface area contributed by atoms with Gasteiger partial charge in [0.15, 0.2) is 5.85 Å². The molecule has 0 radical (unpaired) electrons. The molecule has 0 aromatic heterocycles. The number of nitrogens with two attached hydrogens (primary N) is 2. The van der Waals surface area contributed by atoms with Crippen LogP contribution in [0.3, 0.4) is 0 Å². The van der Waals surface area contributed by atoms with Crippen molar-refractivity contribution < 1.29 is 5.11 Å². The molecule has 0 bridgehead atoms. The van der Waals surface area contributed by atoms with Crippen LogP contribution in [-0.4, -0.2) is 11.0 Å². The van der Waals surface area contributed by atoms with Gasteiger partial charge in [0.2, 0.25) is 0 Å². The van der Waals surface area contributed by atoms with Gasteiger partial charge in [-0.3, -0.25) is 11.5 Å². The van der Waals surface area contributed by atoms with E-state index in [1.807, 2.05) is 0 Å². The van der Waals surface area contributed by atoms with E-state index in [9.17, 15) is 5.11 Å². The Labute approximate surface area is 111 Å². The van der Waals surface area contributed by atoms with Crippen molar-refractivity contribution in [3.05, 3.63) is 0 Å². The Balaban J connectivity index is 2.21. The predicted molar refractivity (Wildman–Crippen MR) is 74.6 cm³/mol. The zero-order valence-electron chi connectivity index (χ0n) is 11.8. The SMILES string of the molecule is CC(C1CCCCC1)(C1CCCCC1)C(N)(N)O. The highest BCUT2D eigenvalue weighted by Gasteiger charge is 2.52. The lowest BCUT2D eigenvalue weighted by molar-refractivity contribution is -0.146. The molecule has 2 fully saturated rings. The van der Waals surface area contributed by atoms with Gasteiger partial charge in [-0.05, 0) is 37.5 Å². The van der Waals surface area contributed by atoms with E-state index >= 15 is 0 Å². The lowest BCUT2D eigenvalue weighted by Crippen LogP contribution is -2.67. The Hall–Kier alpha value is -0.120. The first-order valence-corrected chi connectivity index (χ1v) is 7.76. The van der Waals surface area contributed by atoms with Crippen LogP contribution >= 0.6 is 0 Å². The normalized spacial score (nSPS) is 25.3. The van der Waals surface area contributed by atoms with Gasteiger partial charge in [-0.1, -0.05) is 45.4 Å². The van der Waals surface area contributed by atoms with Crippen molar-refractivity contribution in [2.45, 2.75) is 77.0 Å². The molecule has 2 aliphatic rings. The molecule has 0 aliphatic heterocycles. The molecule has 2 rings (SSSR count). The van der Waals surface area contributed by atoms with Crippen molar-refractivity contribution in [3.8, 4) is 0 Å². The molecule has 0 aromatic rings. The highest BCUT2D eigenvalue weighted by atomic mass is 16.3. The maximum atomic E-state index is 10.4. The quantitative estimate of drug-likeness (QED) is 0.678. The summed E-state index contributed by atoms with van der Waals surface area (Å²) in [6.07, 6.45) is 12.5. The molecule has 0 spiro atoms. The predicted octanol–water partition coefficient (Wildman–Crippen LogP) is 2.72. The highest BCUT2D eigenvalue weighted by molar-refractivity contribution is 4.99. The first-order chi connectivity index (χ1) is 8.46. The van der Waals surface area contributed by atoms with Crippen LogP contribution in [0.4, 0.5) is 0 Å². The van der Waals surface area contributed by atoms with E-state index in [0.717, 1.165) is 0 Å². The molecule has 0 unspecified atom stereocenters. The van der Waals surface area contributed by atoms with Gasteiger partial charge in [0.1, 0.15) is 0 Å². The van der Waals surface area contributed by atoms with E-state index in [-0.39, 0.29) is 5.41 Å². The summed E-state index contributed by atoms with van der Waals surface area (Å²) >= 11 is 0. The molecule has 2 aliphatic carbocycles. The maximum Gasteiger partial charge on any atom is 0.172 e. The smallest absolute Gasteiger partial charge is 0.172 e. The Morgan fingerprint density at radius 3 is 1.39 bits per heavy atom. The first-order valence-electron chi connectivity index (χ1n) is 7.76. The topological polar surface area (TPSA) is 72.3 Å². The second-order valence-corrected chi connectivity index (χ2v) is 6.78. The summed E-state index contributed by atoms with van der Waals surface area (Å²) in [6, 6.07) is 0. The Bertz CT molecular complexity index is 242. The molecule has 0 atom stereocenters. The monoisotopic (exact) mass is 254 g/mol. The number of aliphatic hydroxyl groups is 1. The van der Waals surface area contributed by atoms with Crippen LogP contribution in [0.5, 0.6) is 0 Å². The minimum atomic E-state index is -1.53. The Morgan fingerprint density at radius 2 is 1.11 bits per heavy atom. The molecular formula is C15H30N2O. The summed E-state index contributed by atoms with van der Waals surface area (Å²) in [5, 5.41) is 10.4. The fourth-order valence-corrected chi connectivity index (χ4v) is 4.39. The van der Waals surface area contributed by atoms with Crippen molar-refractivity contribution in [3.63, 3.8) is 0 Å². The zero-order chi connectivity index (χ0) is 13.2. The summed E-state index contributed by atoms with van der Waals surface area (Å²) in [7, 11) is 0. The molecule has 0 aromatic carbocycles. The number of hydrogen-bond acceptors (Lipinski definition) is 3. The summed E-state index contributed by atoms with van der Waals surface area (Å²) < 4.78 is 0. The molecule has 3 heteroatoms. The minimum absolute atomic E-state index is 0.312. The van der Waals surface area contributed by atoms with Gasteiger partial charge in [0, 0.05) is 5.41 Å². The third kappa shape index (κ3) is 2.59. The second kappa shape index (κ2) is 5.48. The molecule has 18 heavy (non-hydrogen) atoms. The minimum Gasteiger partial charge on any atom is -0.363 e. The van der Waals surface area contributed by atoms with E-state index in [1.165, 1.54) is 64.2 Å². The third-order valence-corrected chi connectivity index (χ3v) is 5.77. The van der Waals surface area contributed by atoms with Crippen LogP contribution in [-0.2, 0) is 0 Å². The van der Waals surface area contributed by atoms with Crippen LogP contribution in [0.25, 0.3) is 0 Å². The molecule has 0 heterocycles. The van der Waals surface area contributed by atoms with Gasteiger partial charge < -0.3 is 5.11 Å². The van der Waals surface area contributed by atoms with Gasteiger partial charge in [0.25, 0.3) is 0 Å². The Kier molecular flexibility index (Phi) is 4.35. The average Bonchev–Trinajstić information content (AvgIpc) is 2.38. The first kappa shape index (κ1) is 14.3. The molecule has 0 saturated heterocycles. The lowest BCUT2D eigenvalue weighted by atomic mass is 9.57. The van der Waals surface area contributed by atoms with Gasteiger partial charge in [-0.15, -0.1) is 0 Å². The van der Waals surface area contributed by atoms with E-state index in [0.29, 0.717) is 11.8 Å². The van der Waals surface area contributed by atoms with Crippen LogP contribution in [0.1, 0.15) is 71.1 Å². The molecule has 0 amide bonds. The largest absolute Gasteiger partial charge is 0.363 e. The number of hydrogen-bond donors (Lipinski definition) is 3. The number of rotatable bonds is 3. The zero-order valence-corrected chi connectivity index (χ0v) is 11.8. The molecule has 106 valence electrons. The second-order valence-electron chi connectivity index (χ2n) is 6.78. The third-order valence-electron chi connectivity index (χ3n) is 5.77. The molecule has 3 nitrogen and oxygen atoms in total. The lowest BCUT2D eigenvalue weighted by Gasteiger charge is -2.52.